The van der Waals surface area contributed by atoms with Gasteiger partial charge in [0, 0.05) is 23.7 Å². The third-order valence-electron chi connectivity index (χ3n) is 8.92. The summed E-state index contributed by atoms with van der Waals surface area (Å²) in [4.78, 5) is 14.3. The van der Waals surface area contributed by atoms with E-state index >= 15 is 0 Å². The van der Waals surface area contributed by atoms with Crippen LogP contribution in [0.3, 0.4) is 0 Å². The molecule has 2 bridgehead atoms. The standard InChI is InChI=1S/C33H27F2N5S/c1-32(2)23-13-15-33(32,30-22(23)17-26(39-40-30)29-24(34)9-6-10-25(29)35)27-14-16-36-31(38-27)21-11-12-28(37-18-21)41-19-20-7-4-3-5-8-20/h3-12,14,16-18,23H,13,15,19H2,1-2H3/t23-,33-/m0/s1. The van der Waals surface area contributed by atoms with Gasteiger partial charge in [0.25, 0.3) is 0 Å². The Bertz CT molecular complexity index is 1740. The van der Waals surface area contributed by atoms with E-state index in [1.165, 1.54) is 23.8 Å². The molecule has 5 nitrogen and oxygen atoms in total. The van der Waals surface area contributed by atoms with E-state index in [4.69, 9.17) is 4.98 Å². The second-order valence-corrected chi connectivity index (χ2v) is 12.3. The van der Waals surface area contributed by atoms with Gasteiger partial charge in [0.05, 0.1) is 33.1 Å². The Labute approximate surface area is 241 Å². The summed E-state index contributed by atoms with van der Waals surface area (Å²) in [6.45, 7) is 4.47. The molecule has 0 spiro atoms. The van der Waals surface area contributed by atoms with Crippen LogP contribution in [0.4, 0.5) is 8.78 Å². The maximum Gasteiger partial charge on any atom is 0.160 e. The molecular formula is C33H27F2N5S. The van der Waals surface area contributed by atoms with E-state index in [9.17, 15) is 8.78 Å². The van der Waals surface area contributed by atoms with E-state index in [2.05, 4.69) is 46.1 Å². The fourth-order valence-electron chi connectivity index (χ4n) is 6.82. The first-order chi connectivity index (χ1) is 19.9. The largest absolute Gasteiger partial charge is 0.249 e. The van der Waals surface area contributed by atoms with Crippen LogP contribution in [0.25, 0.3) is 22.6 Å². The molecule has 0 radical (unpaired) electrons. The number of halogens is 2. The summed E-state index contributed by atoms with van der Waals surface area (Å²) in [5.74, 6) is 0.339. The number of hydrogen-bond acceptors (Lipinski definition) is 6. The highest BCUT2D eigenvalue weighted by atomic mass is 32.2. The van der Waals surface area contributed by atoms with Gasteiger partial charge in [-0.05, 0) is 71.7 Å². The minimum atomic E-state index is -0.644. The molecule has 0 amide bonds. The Hall–Kier alpha value is -4.04. The molecule has 2 aliphatic rings. The molecule has 0 unspecified atom stereocenters. The van der Waals surface area contributed by atoms with Crippen LogP contribution in [0.5, 0.6) is 0 Å². The predicted molar refractivity (Wildman–Crippen MR) is 155 cm³/mol. The molecular weight excluding hydrogens is 536 g/mol. The molecule has 0 N–H and O–H groups in total. The lowest BCUT2D eigenvalue weighted by molar-refractivity contribution is 0.243. The molecule has 1 saturated carbocycles. The maximum atomic E-state index is 14.6. The van der Waals surface area contributed by atoms with E-state index in [0.29, 0.717) is 5.82 Å². The van der Waals surface area contributed by atoms with Gasteiger partial charge in [-0.25, -0.2) is 23.7 Å². The van der Waals surface area contributed by atoms with Gasteiger partial charge < -0.3 is 0 Å². The van der Waals surface area contributed by atoms with Crippen molar-refractivity contribution in [2.45, 2.75) is 48.8 Å². The topological polar surface area (TPSA) is 64.5 Å². The fourth-order valence-corrected chi connectivity index (χ4v) is 7.62. The number of hydrogen-bond donors (Lipinski definition) is 0. The summed E-state index contributed by atoms with van der Waals surface area (Å²) in [7, 11) is 0. The smallest absolute Gasteiger partial charge is 0.160 e. The second-order valence-electron chi connectivity index (χ2n) is 11.3. The average molecular weight is 564 g/mol. The van der Waals surface area contributed by atoms with Crippen LogP contribution in [-0.2, 0) is 11.2 Å². The maximum absolute atomic E-state index is 14.6. The van der Waals surface area contributed by atoms with Crippen molar-refractivity contribution in [2.75, 3.05) is 0 Å². The number of aromatic nitrogens is 5. The highest BCUT2D eigenvalue weighted by Crippen LogP contribution is 2.69. The zero-order valence-corrected chi connectivity index (χ0v) is 23.5. The molecule has 41 heavy (non-hydrogen) atoms. The summed E-state index contributed by atoms with van der Waals surface area (Å²) in [5, 5.41) is 9.93. The van der Waals surface area contributed by atoms with Crippen molar-refractivity contribution >= 4 is 11.8 Å². The minimum Gasteiger partial charge on any atom is -0.249 e. The zero-order chi connectivity index (χ0) is 28.2. The van der Waals surface area contributed by atoms with Gasteiger partial charge in [-0.3, -0.25) is 0 Å². The second kappa shape index (κ2) is 9.80. The fraction of sp³-hybridized carbons (Fsp3) is 0.242. The molecule has 204 valence electrons. The molecule has 3 aromatic heterocycles. The van der Waals surface area contributed by atoms with Crippen molar-refractivity contribution in [3.05, 3.63) is 119 Å². The van der Waals surface area contributed by atoms with Gasteiger partial charge in [-0.2, -0.15) is 5.10 Å². The zero-order valence-electron chi connectivity index (χ0n) is 22.7. The Kier molecular flexibility index (Phi) is 6.19. The van der Waals surface area contributed by atoms with Gasteiger partial charge in [-0.1, -0.05) is 50.2 Å². The predicted octanol–water partition coefficient (Wildman–Crippen LogP) is 7.77. The third kappa shape index (κ3) is 4.07. The molecule has 1 fully saturated rings. The molecule has 3 heterocycles. The number of nitrogens with zero attached hydrogens (tertiary/aromatic N) is 5. The molecule has 2 aliphatic carbocycles. The minimum absolute atomic E-state index is 0.139. The first-order valence-corrected chi connectivity index (χ1v) is 14.7. The Morgan fingerprint density at radius 1 is 0.902 bits per heavy atom. The molecule has 2 aromatic carbocycles. The van der Waals surface area contributed by atoms with E-state index in [1.54, 1.807) is 18.0 Å². The molecule has 2 atom stereocenters. The molecule has 8 heteroatoms. The Morgan fingerprint density at radius 3 is 2.46 bits per heavy atom. The van der Waals surface area contributed by atoms with Crippen molar-refractivity contribution in [3.8, 4) is 22.6 Å². The SMILES string of the molecule is CC1(C)[C@H]2CC[C@]1(c1ccnc(-c3ccc(SCc4ccccc4)nc3)n1)c1nnc(-c3c(F)cccc3F)cc12. The van der Waals surface area contributed by atoms with Crippen LogP contribution in [0, 0.1) is 17.0 Å². The third-order valence-corrected chi connectivity index (χ3v) is 9.93. The first-order valence-electron chi connectivity index (χ1n) is 13.7. The molecule has 7 rings (SSSR count). The monoisotopic (exact) mass is 563 g/mol. The van der Waals surface area contributed by atoms with Gasteiger partial charge in [0.2, 0.25) is 0 Å². The number of benzene rings is 2. The van der Waals surface area contributed by atoms with Crippen molar-refractivity contribution in [3.63, 3.8) is 0 Å². The van der Waals surface area contributed by atoms with Crippen LogP contribution in [-0.4, -0.2) is 25.1 Å². The summed E-state index contributed by atoms with van der Waals surface area (Å²) in [6.07, 6.45) is 5.41. The lowest BCUT2D eigenvalue weighted by Gasteiger charge is -2.37. The number of rotatable bonds is 6. The lowest BCUT2D eigenvalue weighted by Crippen LogP contribution is -2.38. The normalized spacial score (nSPS) is 20.2. The number of fused-ring (bicyclic) bond motifs is 5. The summed E-state index contributed by atoms with van der Waals surface area (Å²) in [6, 6.07) is 22.0. The summed E-state index contributed by atoms with van der Waals surface area (Å²) >= 11 is 1.69. The van der Waals surface area contributed by atoms with E-state index in [-0.39, 0.29) is 22.6 Å². The Balaban J connectivity index is 1.23. The van der Waals surface area contributed by atoms with Crippen LogP contribution in [0.1, 0.15) is 55.1 Å². The first kappa shape index (κ1) is 25.9. The molecule has 5 aromatic rings. The van der Waals surface area contributed by atoms with Crippen LogP contribution in [0.2, 0.25) is 0 Å². The van der Waals surface area contributed by atoms with Gasteiger partial charge in [0.15, 0.2) is 5.82 Å². The van der Waals surface area contributed by atoms with Crippen LogP contribution in [0.15, 0.2) is 90.2 Å². The molecule has 0 aliphatic heterocycles. The highest BCUT2D eigenvalue weighted by Gasteiger charge is 2.65. The van der Waals surface area contributed by atoms with Gasteiger partial charge in [0.1, 0.15) is 11.6 Å². The van der Waals surface area contributed by atoms with E-state index in [1.807, 2.05) is 48.7 Å². The van der Waals surface area contributed by atoms with Gasteiger partial charge in [-0.15, -0.1) is 16.9 Å². The van der Waals surface area contributed by atoms with Crippen molar-refractivity contribution in [1.82, 2.24) is 25.1 Å². The summed E-state index contributed by atoms with van der Waals surface area (Å²) < 4.78 is 29.2. The van der Waals surface area contributed by atoms with E-state index < -0.39 is 17.0 Å². The van der Waals surface area contributed by atoms with E-state index in [0.717, 1.165) is 46.1 Å². The number of pyridine rings is 1. The van der Waals surface area contributed by atoms with Gasteiger partial charge >= 0.3 is 0 Å². The average Bonchev–Trinajstić information content (AvgIpc) is 3.37. The van der Waals surface area contributed by atoms with Crippen LogP contribution < -0.4 is 0 Å². The molecule has 0 saturated heterocycles. The highest BCUT2D eigenvalue weighted by molar-refractivity contribution is 7.98. The van der Waals surface area contributed by atoms with Crippen molar-refractivity contribution < 1.29 is 8.78 Å². The Morgan fingerprint density at radius 2 is 1.71 bits per heavy atom. The summed E-state index contributed by atoms with van der Waals surface area (Å²) in [5.41, 5.74) is 4.19. The van der Waals surface area contributed by atoms with Crippen molar-refractivity contribution in [1.29, 1.82) is 0 Å². The lowest BCUT2D eigenvalue weighted by atomic mass is 9.66. The quantitative estimate of drug-likeness (QED) is 0.197. The number of thioether (sulfide) groups is 1. The van der Waals surface area contributed by atoms with Crippen molar-refractivity contribution in [2.24, 2.45) is 5.41 Å². The van der Waals surface area contributed by atoms with Crippen LogP contribution >= 0.6 is 11.8 Å².